The van der Waals surface area contributed by atoms with Crippen LogP contribution in [-0.2, 0) is 25.4 Å². The molecule has 3 nitrogen and oxygen atoms in total. The summed E-state index contributed by atoms with van der Waals surface area (Å²) in [5, 5.41) is 5.41. The van der Waals surface area contributed by atoms with Gasteiger partial charge in [0, 0.05) is 32.8 Å². The fourth-order valence-electron chi connectivity index (χ4n) is 3.55. The molecule has 1 N–H and O–H groups in total. The first kappa shape index (κ1) is 21.3. The number of nitrogens with zero attached hydrogens (tertiary/aromatic N) is 1. The van der Waals surface area contributed by atoms with Crippen molar-refractivity contribution in [2.45, 2.75) is 38.8 Å². The zero-order valence-corrected chi connectivity index (χ0v) is 18.4. The normalized spacial score (nSPS) is 16.4. The van der Waals surface area contributed by atoms with Crippen LogP contribution >= 0.6 is 34.3 Å². The number of anilines is 1. The number of nitrogens with one attached hydrogen (secondary N) is 1. The Morgan fingerprint density at radius 2 is 2.17 bits per heavy atom. The maximum Gasteiger partial charge on any atom is 0.416 e. The molecule has 1 unspecified atom stereocenters. The van der Waals surface area contributed by atoms with E-state index < -0.39 is 11.7 Å². The fourth-order valence-corrected chi connectivity index (χ4v) is 5.81. The van der Waals surface area contributed by atoms with Gasteiger partial charge >= 0.3 is 6.18 Å². The average Bonchev–Trinajstić information content (AvgIpc) is 3.29. The van der Waals surface area contributed by atoms with Crippen LogP contribution < -0.4 is 5.32 Å². The molecule has 30 heavy (non-hydrogen) atoms. The first-order valence-electron chi connectivity index (χ1n) is 9.41. The van der Waals surface area contributed by atoms with E-state index >= 15 is 0 Å². The maximum absolute atomic E-state index is 13.0. The number of aromatic nitrogens is 1. The Hall–Kier alpha value is -1.90. The number of carbonyl (C=O) groups excluding carboxylic acids is 1. The van der Waals surface area contributed by atoms with Gasteiger partial charge in [-0.05, 0) is 54.5 Å². The van der Waals surface area contributed by atoms with Gasteiger partial charge in [0.15, 0.2) is 5.13 Å². The molecule has 9 heteroatoms. The third kappa shape index (κ3) is 4.55. The molecule has 0 saturated heterocycles. The summed E-state index contributed by atoms with van der Waals surface area (Å²) in [6, 6.07) is 3.27. The minimum Gasteiger partial charge on any atom is -0.298 e. The average molecular weight is 471 g/mol. The molecule has 0 saturated carbocycles. The van der Waals surface area contributed by atoms with E-state index in [4.69, 9.17) is 11.6 Å². The number of rotatable bonds is 4. The third-order valence-corrected chi connectivity index (χ3v) is 7.49. The van der Waals surface area contributed by atoms with Crippen molar-refractivity contribution in [3.8, 4) is 0 Å². The predicted octanol–water partition coefficient (Wildman–Crippen LogP) is 6.84. The lowest BCUT2D eigenvalue weighted by Gasteiger charge is -2.18. The fraction of sp³-hybridized carbons (Fsp3) is 0.333. The second kappa shape index (κ2) is 8.32. The summed E-state index contributed by atoms with van der Waals surface area (Å²) in [7, 11) is 0. The number of amides is 1. The van der Waals surface area contributed by atoms with Crippen molar-refractivity contribution in [3.05, 3.63) is 66.8 Å². The first-order chi connectivity index (χ1) is 14.2. The van der Waals surface area contributed by atoms with E-state index in [9.17, 15) is 18.0 Å². The first-order valence-corrected chi connectivity index (χ1v) is 11.5. The second-order valence-electron chi connectivity index (χ2n) is 7.47. The van der Waals surface area contributed by atoms with E-state index in [0.717, 1.165) is 37.0 Å². The van der Waals surface area contributed by atoms with E-state index in [1.807, 2.05) is 5.38 Å². The molecule has 158 valence electrons. The van der Waals surface area contributed by atoms with E-state index in [1.165, 1.54) is 22.3 Å². The Labute approximate surface area is 184 Å². The molecule has 1 aliphatic carbocycles. The van der Waals surface area contributed by atoms with Gasteiger partial charge < -0.3 is 0 Å². The highest BCUT2D eigenvalue weighted by molar-refractivity contribution is 7.15. The second-order valence-corrected chi connectivity index (χ2v) is 9.95. The maximum atomic E-state index is 13.0. The SMILES string of the molecule is CC1CCc2c(C(=O)Nc3ncc(Cc4cc(C(F)(F)F)ccc4Cl)s3)csc2C1. The number of thiophene rings is 1. The number of fused-ring (bicyclic) bond motifs is 1. The molecule has 0 aliphatic heterocycles. The van der Waals surface area contributed by atoms with E-state index in [-0.39, 0.29) is 17.4 Å². The van der Waals surface area contributed by atoms with Crippen molar-refractivity contribution in [2.24, 2.45) is 5.92 Å². The van der Waals surface area contributed by atoms with Crippen LogP contribution in [0.1, 0.15) is 50.1 Å². The van der Waals surface area contributed by atoms with Gasteiger partial charge in [0.2, 0.25) is 0 Å². The van der Waals surface area contributed by atoms with Gasteiger partial charge in [-0.15, -0.1) is 22.7 Å². The van der Waals surface area contributed by atoms with Crippen LogP contribution in [0.3, 0.4) is 0 Å². The lowest BCUT2D eigenvalue weighted by molar-refractivity contribution is -0.137. The highest BCUT2D eigenvalue weighted by Gasteiger charge is 2.31. The van der Waals surface area contributed by atoms with Gasteiger partial charge in [0.25, 0.3) is 5.91 Å². The van der Waals surface area contributed by atoms with Gasteiger partial charge in [-0.2, -0.15) is 13.2 Å². The van der Waals surface area contributed by atoms with Crippen LogP contribution in [0.2, 0.25) is 5.02 Å². The van der Waals surface area contributed by atoms with E-state index in [1.54, 1.807) is 17.5 Å². The quantitative estimate of drug-likeness (QED) is 0.453. The number of hydrogen-bond acceptors (Lipinski definition) is 4. The van der Waals surface area contributed by atoms with Crippen molar-refractivity contribution in [1.29, 1.82) is 0 Å². The summed E-state index contributed by atoms with van der Waals surface area (Å²) in [6.07, 6.45) is 0.322. The third-order valence-electron chi connectivity index (χ3n) is 5.16. The van der Waals surface area contributed by atoms with Crippen molar-refractivity contribution in [1.82, 2.24) is 4.98 Å². The summed E-state index contributed by atoms with van der Waals surface area (Å²) in [4.78, 5) is 18.9. The molecule has 1 aliphatic rings. The minimum absolute atomic E-state index is 0.194. The number of hydrogen-bond donors (Lipinski definition) is 1. The molecule has 0 fully saturated rings. The molecule has 0 bridgehead atoms. The van der Waals surface area contributed by atoms with E-state index in [0.29, 0.717) is 27.1 Å². The number of halogens is 4. The predicted molar refractivity (Wildman–Crippen MR) is 115 cm³/mol. The van der Waals surface area contributed by atoms with Crippen molar-refractivity contribution < 1.29 is 18.0 Å². The van der Waals surface area contributed by atoms with Crippen LogP contribution in [-0.4, -0.2) is 10.9 Å². The molecular weight excluding hydrogens is 453 g/mol. The molecule has 1 aromatic carbocycles. The number of carbonyl (C=O) groups is 1. The number of thiazole rings is 1. The molecule has 2 aromatic heterocycles. The number of benzene rings is 1. The van der Waals surface area contributed by atoms with Gasteiger partial charge in [0.1, 0.15) is 0 Å². The van der Waals surface area contributed by atoms with Crippen LogP contribution in [0.4, 0.5) is 18.3 Å². The van der Waals surface area contributed by atoms with Crippen LogP contribution in [0, 0.1) is 5.92 Å². The molecule has 0 spiro atoms. The lowest BCUT2D eigenvalue weighted by Crippen LogP contribution is -2.16. The Morgan fingerprint density at radius 1 is 1.37 bits per heavy atom. The summed E-state index contributed by atoms with van der Waals surface area (Å²) in [6.45, 7) is 2.22. The van der Waals surface area contributed by atoms with Gasteiger partial charge in [-0.25, -0.2) is 4.98 Å². The topological polar surface area (TPSA) is 42.0 Å². The van der Waals surface area contributed by atoms with Crippen molar-refractivity contribution in [3.63, 3.8) is 0 Å². The smallest absolute Gasteiger partial charge is 0.298 e. The molecule has 1 atom stereocenters. The monoisotopic (exact) mass is 470 g/mol. The minimum atomic E-state index is -4.43. The highest BCUT2D eigenvalue weighted by Crippen LogP contribution is 2.35. The zero-order chi connectivity index (χ0) is 21.5. The standard InChI is InChI=1S/C21H18ClF3N2OS2/c1-11-2-4-15-16(10-29-18(15)6-11)19(28)27-20-26-9-14(30-20)8-12-7-13(21(23,24)25)3-5-17(12)22/h3,5,7,9-11H,2,4,6,8H2,1H3,(H,26,27,28). The van der Waals surface area contributed by atoms with Gasteiger partial charge in [0.05, 0.1) is 11.1 Å². The highest BCUT2D eigenvalue weighted by atomic mass is 35.5. The summed E-state index contributed by atoms with van der Waals surface area (Å²) in [5.74, 6) is 0.441. The Bertz CT molecular complexity index is 1090. The molecule has 2 heterocycles. The number of alkyl halides is 3. The van der Waals surface area contributed by atoms with Crippen LogP contribution in [0.5, 0.6) is 0 Å². The Morgan fingerprint density at radius 3 is 2.93 bits per heavy atom. The van der Waals surface area contributed by atoms with Crippen LogP contribution in [0.15, 0.2) is 29.8 Å². The van der Waals surface area contributed by atoms with Crippen LogP contribution in [0.25, 0.3) is 0 Å². The Balaban J connectivity index is 1.47. The summed E-state index contributed by atoms with van der Waals surface area (Å²) < 4.78 is 38.9. The molecule has 4 rings (SSSR count). The molecular formula is C21H18ClF3N2OS2. The summed E-state index contributed by atoms with van der Waals surface area (Å²) in [5.41, 5.74) is 1.45. The summed E-state index contributed by atoms with van der Waals surface area (Å²) >= 11 is 8.94. The lowest BCUT2D eigenvalue weighted by atomic mass is 9.88. The van der Waals surface area contributed by atoms with E-state index in [2.05, 4.69) is 17.2 Å². The van der Waals surface area contributed by atoms with Crippen molar-refractivity contribution in [2.75, 3.05) is 5.32 Å². The van der Waals surface area contributed by atoms with Gasteiger partial charge in [-0.1, -0.05) is 18.5 Å². The molecule has 1 amide bonds. The molecule has 3 aromatic rings. The Kier molecular flexibility index (Phi) is 5.92. The van der Waals surface area contributed by atoms with Crippen molar-refractivity contribution >= 4 is 45.3 Å². The molecule has 0 radical (unpaired) electrons. The largest absolute Gasteiger partial charge is 0.416 e. The van der Waals surface area contributed by atoms with Gasteiger partial charge in [-0.3, -0.25) is 10.1 Å². The zero-order valence-electron chi connectivity index (χ0n) is 16.0.